The fraction of sp³-hybridized carbons (Fsp3) is 0.500. The SMILES string of the molecule is COC(=O)c1ccccc1COCCC1CC1. The van der Waals surface area contributed by atoms with Crippen molar-refractivity contribution >= 4 is 5.97 Å². The molecule has 1 saturated carbocycles. The summed E-state index contributed by atoms with van der Waals surface area (Å²) in [5, 5.41) is 0. The van der Waals surface area contributed by atoms with Gasteiger partial charge in [0.2, 0.25) is 0 Å². The van der Waals surface area contributed by atoms with Crippen LogP contribution in [0, 0.1) is 5.92 Å². The molecule has 1 aromatic carbocycles. The molecular weight excluding hydrogens is 216 g/mol. The Morgan fingerprint density at radius 2 is 2.12 bits per heavy atom. The van der Waals surface area contributed by atoms with Gasteiger partial charge in [0.05, 0.1) is 19.3 Å². The lowest BCUT2D eigenvalue weighted by atomic mass is 10.1. The van der Waals surface area contributed by atoms with Crippen LogP contribution < -0.4 is 0 Å². The Morgan fingerprint density at radius 3 is 2.82 bits per heavy atom. The maximum absolute atomic E-state index is 11.5. The van der Waals surface area contributed by atoms with Crippen molar-refractivity contribution in [2.24, 2.45) is 5.92 Å². The summed E-state index contributed by atoms with van der Waals surface area (Å²) in [6.07, 6.45) is 3.84. The molecule has 0 radical (unpaired) electrons. The van der Waals surface area contributed by atoms with Gasteiger partial charge in [-0.1, -0.05) is 31.0 Å². The predicted molar refractivity (Wildman–Crippen MR) is 64.8 cm³/mol. The lowest BCUT2D eigenvalue weighted by Crippen LogP contribution is -2.07. The highest BCUT2D eigenvalue weighted by Crippen LogP contribution is 2.32. The largest absolute Gasteiger partial charge is 0.465 e. The Morgan fingerprint density at radius 1 is 1.35 bits per heavy atom. The number of esters is 1. The highest BCUT2D eigenvalue weighted by molar-refractivity contribution is 5.90. The molecule has 0 saturated heterocycles. The average Bonchev–Trinajstić information content (AvgIpc) is 3.18. The van der Waals surface area contributed by atoms with E-state index in [0.717, 1.165) is 24.5 Å². The number of ether oxygens (including phenoxy) is 2. The third kappa shape index (κ3) is 3.56. The van der Waals surface area contributed by atoms with Gasteiger partial charge in [0, 0.05) is 6.61 Å². The molecule has 2 rings (SSSR count). The average molecular weight is 234 g/mol. The van der Waals surface area contributed by atoms with E-state index >= 15 is 0 Å². The highest BCUT2D eigenvalue weighted by atomic mass is 16.5. The number of methoxy groups -OCH3 is 1. The molecule has 1 aliphatic rings. The number of benzene rings is 1. The first-order valence-corrected chi connectivity index (χ1v) is 6.05. The number of hydrogen-bond acceptors (Lipinski definition) is 3. The Balaban J connectivity index is 1.87. The molecule has 0 unspecified atom stereocenters. The zero-order valence-electron chi connectivity index (χ0n) is 10.1. The zero-order valence-corrected chi connectivity index (χ0v) is 10.1. The maximum atomic E-state index is 11.5. The third-order valence-electron chi connectivity index (χ3n) is 3.05. The fourth-order valence-corrected chi connectivity index (χ4v) is 1.79. The van der Waals surface area contributed by atoms with Gasteiger partial charge in [0.25, 0.3) is 0 Å². The van der Waals surface area contributed by atoms with Crippen LogP contribution in [0.5, 0.6) is 0 Å². The molecule has 92 valence electrons. The lowest BCUT2D eigenvalue weighted by Gasteiger charge is -2.08. The van der Waals surface area contributed by atoms with Gasteiger partial charge in [-0.2, -0.15) is 0 Å². The Hall–Kier alpha value is -1.35. The Kier molecular flexibility index (Phi) is 4.15. The molecule has 1 fully saturated rings. The first-order valence-electron chi connectivity index (χ1n) is 6.05. The van der Waals surface area contributed by atoms with Crippen molar-refractivity contribution in [1.82, 2.24) is 0 Å². The summed E-state index contributed by atoms with van der Waals surface area (Å²) in [4.78, 5) is 11.5. The Bertz CT molecular complexity index is 383. The van der Waals surface area contributed by atoms with Crippen molar-refractivity contribution < 1.29 is 14.3 Å². The van der Waals surface area contributed by atoms with E-state index in [4.69, 9.17) is 9.47 Å². The van der Waals surface area contributed by atoms with Gasteiger partial charge in [-0.15, -0.1) is 0 Å². The summed E-state index contributed by atoms with van der Waals surface area (Å²) >= 11 is 0. The standard InChI is InChI=1S/C14H18O3/c1-16-14(15)13-5-3-2-4-12(13)10-17-9-8-11-6-7-11/h2-5,11H,6-10H2,1H3. The molecule has 1 aliphatic carbocycles. The molecular formula is C14H18O3. The molecule has 0 spiro atoms. The summed E-state index contributed by atoms with van der Waals surface area (Å²) < 4.78 is 10.3. The van der Waals surface area contributed by atoms with Crippen LogP contribution in [0.1, 0.15) is 35.2 Å². The van der Waals surface area contributed by atoms with Crippen LogP contribution in [0.2, 0.25) is 0 Å². The van der Waals surface area contributed by atoms with E-state index in [1.54, 1.807) is 6.07 Å². The van der Waals surface area contributed by atoms with Gasteiger partial charge in [-0.3, -0.25) is 0 Å². The van der Waals surface area contributed by atoms with Crippen molar-refractivity contribution in [2.75, 3.05) is 13.7 Å². The van der Waals surface area contributed by atoms with Gasteiger partial charge >= 0.3 is 5.97 Å². The first-order chi connectivity index (χ1) is 8.31. The lowest BCUT2D eigenvalue weighted by molar-refractivity contribution is 0.0591. The van der Waals surface area contributed by atoms with Crippen molar-refractivity contribution in [3.8, 4) is 0 Å². The van der Waals surface area contributed by atoms with Crippen molar-refractivity contribution in [3.05, 3.63) is 35.4 Å². The smallest absolute Gasteiger partial charge is 0.338 e. The second kappa shape index (κ2) is 5.82. The quantitative estimate of drug-likeness (QED) is 0.561. The summed E-state index contributed by atoms with van der Waals surface area (Å²) in [5.41, 5.74) is 1.50. The molecule has 0 aliphatic heterocycles. The van der Waals surface area contributed by atoms with Crippen LogP contribution >= 0.6 is 0 Å². The van der Waals surface area contributed by atoms with Crippen LogP contribution in [0.4, 0.5) is 0 Å². The summed E-state index contributed by atoms with van der Waals surface area (Å²) in [7, 11) is 1.40. The monoisotopic (exact) mass is 234 g/mol. The van der Waals surface area contributed by atoms with Crippen molar-refractivity contribution in [2.45, 2.75) is 25.9 Å². The number of rotatable bonds is 6. The maximum Gasteiger partial charge on any atom is 0.338 e. The predicted octanol–water partition coefficient (Wildman–Crippen LogP) is 2.79. The molecule has 3 nitrogen and oxygen atoms in total. The molecule has 17 heavy (non-hydrogen) atoms. The van der Waals surface area contributed by atoms with Gasteiger partial charge in [-0.05, 0) is 24.0 Å². The second-order valence-electron chi connectivity index (χ2n) is 4.43. The summed E-state index contributed by atoms with van der Waals surface area (Å²) in [6, 6.07) is 7.42. The molecule has 0 aromatic heterocycles. The summed E-state index contributed by atoms with van der Waals surface area (Å²) in [6.45, 7) is 1.26. The molecule has 0 N–H and O–H groups in total. The second-order valence-corrected chi connectivity index (χ2v) is 4.43. The Labute approximate surface area is 102 Å². The third-order valence-corrected chi connectivity index (χ3v) is 3.05. The van der Waals surface area contributed by atoms with Crippen LogP contribution in [0.15, 0.2) is 24.3 Å². The minimum Gasteiger partial charge on any atom is -0.465 e. The number of carbonyl (C=O) groups excluding carboxylic acids is 1. The van der Waals surface area contributed by atoms with Crippen LogP contribution in [-0.2, 0) is 16.1 Å². The van der Waals surface area contributed by atoms with Crippen molar-refractivity contribution in [1.29, 1.82) is 0 Å². The van der Waals surface area contributed by atoms with Gasteiger partial charge in [0.1, 0.15) is 0 Å². The van der Waals surface area contributed by atoms with Gasteiger partial charge < -0.3 is 9.47 Å². The number of hydrogen-bond donors (Lipinski definition) is 0. The fourth-order valence-electron chi connectivity index (χ4n) is 1.79. The van der Waals surface area contributed by atoms with Crippen LogP contribution in [-0.4, -0.2) is 19.7 Å². The minimum absolute atomic E-state index is 0.300. The van der Waals surface area contributed by atoms with E-state index in [9.17, 15) is 4.79 Å². The topological polar surface area (TPSA) is 35.5 Å². The van der Waals surface area contributed by atoms with Crippen LogP contribution in [0.25, 0.3) is 0 Å². The first kappa shape index (κ1) is 12.1. The van der Waals surface area contributed by atoms with E-state index in [2.05, 4.69) is 0 Å². The van der Waals surface area contributed by atoms with Gasteiger partial charge in [0.15, 0.2) is 0 Å². The minimum atomic E-state index is -0.300. The molecule has 0 heterocycles. The van der Waals surface area contributed by atoms with E-state index in [1.165, 1.54) is 20.0 Å². The molecule has 1 aromatic rings. The van der Waals surface area contributed by atoms with Gasteiger partial charge in [-0.25, -0.2) is 4.79 Å². The molecule has 3 heteroatoms. The van der Waals surface area contributed by atoms with E-state index in [0.29, 0.717) is 12.2 Å². The zero-order chi connectivity index (χ0) is 12.1. The molecule has 0 amide bonds. The van der Waals surface area contributed by atoms with E-state index < -0.39 is 0 Å². The highest BCUT2D eigenvalue weighted by Gasteiger charge is 2.20. The van der Waals surface area contributed by atoms with Crippen molar-refractivity contribution in [3.63, 3.8) is 0 Å². The molecule has 0 bridgehead atoms. The van der Waals surface area contributed by atoms with Crippen LogP contribution in [0.3, 0.4) is 0 Å². The van der Waals surface area contributed by atoms with E-state index in [1.807, 2.05) is 18.2 Å². The number of carbonyl (C=O) groups is 1. The normalized spacial score (nSPS) is 14.6. The molecule has 0 atom stereocenters. The summed E-state index contributed by atoms with van der Waals surface area (Å²) in [5.74, 6) is 0.581. The van der Waals surface area contributed by atoms with E-state index in [-0.39, 0.29) is 5.97 Å².